The highest BCUT2D eigenvalue weighted by molar-refractivity contribution is 6.33. The Labute approximate surface area is 295 Å². The lowest BCUT2D eigenvalue weighted by atomic mass is 9.87. The van der Waals surface area contributed by atoms with E-state index in [0.717, 1.165) is 49.4 Å². The fourth-order valence-electron chi connectivity index (χ4n) is 7.99. The number of aromatic carboxylic acids is 1. The van der Waals surface area contributed by atoms with Crippen molar-refractivity contribution in [1.82, 2.24) is 20.0 Å². The van der Waals surface area contributed by atoms with E-state index in [1.807, 2.05) is 62.0 Å². The van der Waals surface area contributed by atoms with Gasteiger partial charge in [0, 0.05) is 75.9 Å². The maximum atomic E-state index is 14.9. The van der Waals surface area contributed by atoms with Crippen LogP contribution < -0.4 is 20.5 Å². The van der Waals surface area contributed by atoms with Gasteiger partial charge in [-0.25, -0.2) is 4.79 Å². The molecule has 4 heterocycles. The van der Waals surface area contributed by atoms with Crippen molar-refractivity contribution in [3.8, 4) is 5.75 Å². The highest BCUT2D eigenvalue weighted by atomic mass is 35.5. The molecule has 0 aliphatic carbocycles. The number of ether oxygens (including phenoxy) is 1. The number of rotatable bonds is 8. The second-order valence-corrected chi connectivity index (χ2v) is 14.5. The van der Waals surface area contributed by atoms with E-state index in [9.17, 15) is 14.7 Å². The molecule has 2 aliphatic rings. The number of hydrogen-bond donors (Lipinski definition) is 3. The molecule has 3 atom stereocenters. The van der Waals surface area contributed by atoms with E-state index >= 15 is 0 Å². The summed E-state index contributed by atoms with van der Waals surface area (Å²) in [5, 5.41) is 13.2. The SMILES string of the molecule is Cc1cc(OCCCc2c3n(c4c(C5C(C)NNC5C)c(Cl)ccc24)[C@H](C)CN(c2cc(C(=O)O)c4ccn(C)c4c2)C3=O)cc(C)c1Cl. The Balaban J connectivity index is 1.34. The van der Waals surface area contributed by atoms with Crippen LogP contribution in [0.1, 0.15) is 82.3 Å². The number of benzene rings is 3. The van der Waals surface area contributed by atoms with Crippen LogP contribution in [0.2, 0.25) is 10.0 Å². The van der Waals surface area contributed by atoms with Gasteiger partial charge in [0.2, 0.25) is 0 Å². The Kier molecular flexibility index (Phi) is 8.68. The maximum absolute atomic E-state index is 14.9. The van der Waals surface area contributed by atoms with Gasteiger partial charge in [0.25, 0.3) is 5.91 Å². The molecular weight excluding hydrogens is 661 g/mol. The summed E-state index contributed by atoms with van der Waals surface area (Å²) in [4.78, 5) is 29.0. The molecule has 2 unspecified atom stereocenters. The largest absolute Gasteiger partial charge is 0.494 e. The van der Waals surface area contributed by atoms with Gasteiger partial charge in [0.05, 0.1) is 23.2 Å². The number of hydrazine groups is 1. The summed E-state index contributed by atoms with van der Waals surface area (Å²) < 4.78 is 10.3. The lowest BCUT2D eigenvalue weighted by Gasteiger charge is -2.35. The first-order valence-corrected chi connectivity index (χ1v) is 17.5. The van der Waals surface area contributed by atoms with Crippen LogP contribution in [0.15, 0.2) is 48.7 Å². The number of anilines is 1. The Bertz CT molecular complexity index is 2120. The van der Waals surface area contributed by atoms with E-state index in [1.54, 1.807) is 17.0 Å². The summed E-state index contributed by atoms with van der Waals surface area (Å²) >= 11 is 13.4. The first-order chi connectivity index (χ1) is 23.4. The summed E-state index contributed by atoms with van der Waals surface area (Å²) in [7, 11) is 1.88. The summed E-state index contributed by atoms with van der Waals surface area (Å²) in [6.07, 6.45) is 3.11. The smallest absolute Gasteiger partial charge is 0.336 e. The number of aryl methyl sites for hydroxylation is 4. The molecular formula is C38H41Cl2N5O4. The van der Waals surface area contributed by atoms with E-state index in [1.165, 1.54) is 0 Å². The number of carboxylic acid groups (broad SMARTS) is 1. The number of nitrogens with zero attached hydrogens (tertiary/aromatic N) is 3. The lowest BCUT2D eigenvalue weighted by molar-refractivity contribution is 0.0698. The minimum absolute atomic E-state index is 0.0703. The van der Waals surface area contributed by atoms with Crippen LogP contribution in [0.4, 0.5) is 5.69 Å². The van der Waals surface area contributed by atoms with Crippen LogP contribution in [0.25, 0.3) is 21.8 Å². The van der Waals surface area contributed by atoms with Crippen molar-refractivity contribution >= 4 is 62.6 Å². The molecule has 1 amide bonds. The molecule has 2 aromatic heterocycles. The molecule has 1 saturated heterocycles. The van der Waals surface area contributed by atoms with E-state index < -0.39 is 5.97 Å². The van der Waals surface area contributed by atoms with Gasteiger partial charge in [-0.1, -0.05) is 29.3 Å². The zero-order valence-corrected chi connectivity index (χ0v) is 30.0. The fourth-order valence-corrected chi connectivity index (χ4v) is 8.37. The van der Waals surface area contributed by atoms with Crippen molar-refractivity contribution in [2.24, 2.45) is 7.05 Å². The number of carbonyl (C=O) groups is 2. The molecule has 5 aromatic rings. The van der Waals surface area contributed by atoms with Crippen molar-refractivity contribution < 1.29 is 19.4 Å². The number of halogens is 2. The van der Waals surface area contributed by atoms with Gasteiger partial charge in [0.1, 0.15) is 11.4 Å². The third-order valence-corrected chi connectivity index (χ3v) is 11.2. The van der Waals surface area contributed by atoms with Gasteiger partial charge in [-0.05, 0) is 101 Å². The zero-order chi connectivity index (χ0) is 34.9. The Hall–Kier alpha value is -4.02. The highest BCUT2D eigenvalue weighted by Crippen LogP contribution is 2.44. The highest BCUT2D eigenvalue weighted by Gasteiger charge is 2.40. The quantitative estimate of drug-likeness (QED) is 0.142. The molecule has 11 heteroatoms. The molecule has 0 radical (unpaired) electrons. The predicted octanol–water partition coefficient (Wildman–Crippen LogP) is 7.96. The molecule has 0 saturated carbocycles. The number of fused-ring (bicyclic) bond motifs is 4. The summed E-state index contributed by atoms with van der Waals surface area (Å²) in [6.45, 7) is 11.2. The molecule has 3 aromatic carbocycles. The molecule has 49 heavy (non-hydrogen) atoms. The lowest BCUT2D eigenvalue weighted by Crippen LogP contribution is -2.43. The Morgan fingerprint density at radius 2 is 1.69 bits per heavy atom. The van der Waals surface area contributed by atoms with Crippen LogP contribution in [-0.4, -0.2) is 51.4 Å². The second kappa shape index (κ2) is 12.7. The van der Waals surface area contributed by atoms with Gasteiger partial charge < -0.3 is 23.9 Å². The third kappa shape index (κ3) is 5.57. The molecule has 2 aliphatic heterocycles. The van der Waals surface area contributed by atoms with Crippen LogP contribution >= 0.6 is 23.2 Å². The van der Waals surface area contributed by atoms with Gasteiger partial charge >= 0.3 is 5.97 Å². The second-order valence-electron chi connectivity index (χ2n) is 13.7. The van der Waals surface area contributed by atoms with E-state index in [4.69, 9.17) is 27.9 Å². The Morgan fingerprint density at radius 1 is 1.00 bits per heavy atom. The number of amides is 1. The van der Waals surface area contributed by atoms with Crippen LogP contribution in [0, 0.1) is 13.8 Å². The summed E-state index contributed by atoms with van der Waals surface area (Å²) in [5.74, 6) is -0.355. The van der Waals surface area contributed by atoms with Gasteiger partial charge in [-0.2, -0.15) is 0 Å². The molecule has 256 valence electrons. The number of nitrogens with one attached hydrogen (secondary N) is 2. The minimum atomic E-state index is -1.03. The van der Waals surface area contributed by atoms with Crippen molar-refractivity contribution in [1.29, 1.82) is 0 Å². The van der Waals surface area contributed by atoms with Gasteiger partial charge in [0.15, 0.2) is 0 Å². The topological polar surface area (TPSA) is 101 Å². The zero-order valence-electron chi connectivity index (χ0n) is 28.5. The summed E-state index contributed by atoms with van der Waals surface area (Å²) in [6, 6.07) is 13.3. The van der Waals surface area contributed by atoms with Crippen molar-refractivity contribution in [2.75, 3.05) is 18.1 Å². The minimum Gasteiger partial charge on any atom is -0.494 e. The van der Waals surface area contributed by atoms with Crippen molar-refractivity contribution in [3.05, 3.63) is 92.2 Å². The number of carboxylic acids is 1. The number of aromatic nitrogens is 2. The average Bonchev–Trinajstić information content (AvgIpc) is 3.72. The monoisotopic (exact) mass is 701 g/mol. The van der Waals surface area contributed by atoms with Crippen LogP contribution in [-0.2, 0) is 13.5 Å². The van der Waals surface area contributed by atoms with Gasteiger partial charge in [-0.15, -0.1) is 0 Å². The maximum Gasteiger partial charge on any atom is 0.336 e. The van der Waals surface area contributed by atoms with E-state index in [-0.39, 0.29) is 35.5 Å². The van der Waals surface area contributed by atoms with Crippen LogP contribution in [0.5, 0.6) is 5.75 Å². The molecule has 3 N–H and O–H groups in total. The van der Waals surface area contributed by atoms with E-state index in [2.05, 4.69) is 36.2 Å². The average molecular weight is 703 g/mol. The van der Waals surface area contributed by atoms with Crippen molar-refractivity contribution in [2.45, 2.75) is 71.5 Å². The molecule has 9 nitrogen and oxygen atoms in total. The molecule has 7 rings (SSSR count). The first-order valence-electron chi connectivity index (χ1n) is 16.8. The number of carbonyl (C=O) groups excluding carboxylic acids is 1. The molecule has 0 bridgehead atoms. The predicted molar refractivity (Wildman–Crippen MR) is 196 cm³/mol. The van der Waals surface area contributed by atoms with Gasteiger partial charge in [-0.3, -0.25) is 15.6 Å². The fraction of sp³-hybridized carbons (Fsp3) is 0.368. The Morgan fingerprint density at radius 3 is 2.37 bits per heavy atom. The number of hydrogen-bond acceptors (Lipinski definition) is 5. The van der Waals surface area contributed by atoms with Crippen molar-refractivity contribution in [3.63, 3.8) is 0 Å². The molecule has 1 fully saturated rings. The van der Waals surface area contributed by atoms with E-state index in [0.29, 0.717) is 47.8 Å². The normalized spacial score (nSPS) is 20.8. The standard InChI is InChI=1S/C38H41Cl2N5O4/c1-19-14-25(15-20(2)34(19)40)49-13-7-8-27-28-9-10-30(39)33(32-22(4)41-42-23(32)5)35(28)45-21(3)18-44(37(46)36(27)45)24-16-29(38(47)48)26-11-12-43(6)31(26)17-24/h9-12,14-17,21-23,32,41-42H,7-8,13,18H2,1-6H3,(H,47,48)/t21-,22?,23?,32?/m1/s1. The summed E-state index contributed by atoms with van der Waals surface area (Å²) in [5.41, 5.74) is 13.7. The molecule has 0 spiro atoms. The third-order valence-electron chi connectivity index (χ3n) is 10.3. The first kappa shape index (κ1) is 33.5. The van der Waals surface area contributed by atoms with Crippen LogP contribution in [0.3, 0.4) is 0 Å².